The highest BCUT2D eigenvalue weighted by atomic mass is 32.2. The van der Waals surface area contributed by atoms with Crippen LogP contribution in [0.4, 0.5) is 0 Å². The normalized spacial score (nSPS) is 12.7. The summed E-state index contributed by atoms with van der Waals surface area (Å²) < 4.78 is 28.4. The average Bonchev–Trinajstić information content (AvgIpc) is 2.37. The summed E-state index contributed by atoms with van der Waals surface area (Å²) in [4.78, 5) is 23.2. The highest BCUT2D eigenvalue weighted by Gasteiger charge is 2.31. The molecule has 0 aliphatic rings. The Morgan fingerprint density at radius 2 is 1.79 bits per heavy atom. The maximum Gasteiger partial charge on any atom is 0.321 e. The van der Waals surface area contributed by atoms with Crippen molar-refractivity contribution in [2.24, 2.45) is 0 Å². The SMILES string of the molecule is CCOC(=O)CS(=O)(=O)C(C)C(=O)c1ccccc1. The van der Waals surface area contributed by atoms with Crippen LogP contribution in [0.1, 0.15) is 24.2 Å². The van der Waals surface area contributed by atoms with E-state index in [-0.39, 0.29) is 6.61 Å². The van der Waals surface area contributed by atoms with E-state index in [0.29, 0.717) is 5.56 Å². The third kappa shape index (κ3) is 4.17. The second-order valence-corrected chi connectivity index (χ2v) is 6.31. The molecule has 0 heterocycles. The number of esters is 1. The van der Waals surface area contributed by atoms with Crippen molar-refractivity contribution in [1.29, 1.82) is 0 Å². The number of hydrogen-bond donors (Lipinski definition) is 0. The van der Waals surface area contributed by atoms with E-state index in [1.54, 1.807) is 37.3 Å². The Morgan fingerprint density at radius 3 is 2.32 bits per heavy atom. The zero-order valence-electron chi connectivity index (χ0n) is 10.8. The van der Waals surface area contributed by atoms with E-state index in [9.17, 15) is 18.0 Å². The van der Waals surface area contributed by atoms with Gasteiger partial charge in [0, 0.05) is 5.56 Å². The molecule has 1 atom stereocenters. The number of carbonyl (C=O) groups is 2. The molecule has 0 N–H and O–H groups in total. The second kappa shape index (κ2) is 6.47. The predicted octanol–water partition coefficient (Wildman–Crippen LogP) is 1.24. The van der Waals surface area contributed by atoms with Crippen LogP contribution in [0, 0.1) is 0 Å². The molecule has 0 spiro atoms. The van der Waals surface area contributed by atoms with Crippen LogP contribution >= 0.6 is 0 Å². The highest BCUT2D eigenvalue weighted by molar-refractivity contribution is 7.93. The first-order valence-corrected chi connectivity index (χ1v) is 7.56. The minimum Gasteiger partial charge on any atom is -0.465 e. The molecule has 0 aliphatic carbocycles. The molecule has 0 aliphatic heterocycles. The molecule has 104 valence electrons. The van der Waals surface area contributed by atoms with Crippen molar-refractivity contribution in [3.63, 3.8) is 0 Å². The van der Waals surface area contributed by atoms with Gasteiger partial charge in [-0.1, -0.05) is 30.3 Å². The molecule has 1 rings (SSSR count). The molecule has 1 aromatic rings. The van der Waals surface area contributed by atoms with Crippen molar-refractivity contribution >= 4 is 21.6 Å². The third-order valence-corrected chi connectivity index (χ3v) is 4.52. The summed E-state index contributed by atoms with van der Waals surface area (Å²) in [6, 6.07) is 8.11. The van der Waals surface area contributed by atoms with E-state index < -0.39 is 32.6 Å². The molecule has 19 heavy (non-hydrogen) atoms. The van der Waals surface area contributed by atoms with Gasteiger partial charge in [-0.2, -0.15) is 0 Å². The summed E-state index contributed by atoms with van der Waals surface area (Å²) in [6.07, 6.45) is 0. The van der Waals surface area contributed by atoms with Gasteiger partial charge in [0.2, 0.25) is 0 Å². The van der Waals surface area contributed by atoms with Crippen LogP contribution < -0.4 is 0 Å². The van der Waals surface area contributed by atoms with Gasteiger partial charge < -0.3 is 4.74 Å². The van der Waals surface area contributed by atoms with Crippen LogP contribution in [0.2, 0.25) is 0 Å². The van der Waals surface area contributed by atoms with E-state index >= 15 is 0 Å². The number of carbonyl (C=O) groups excluding carboxylic acids is 2. The quantitative estimate of drug-likeness (QED) is 0.580. The Kier molecular flexibility index (Phi) is 5.23. The number of sulfone groups is 1. The van der Waals surface area contributed by atoms with Crippen LogP contribution in [0.3, 0.4) is 0 Å². The van der Waals surface area contributed by atoms with Crippen molar-refractivity contribution in [2.75, 3.05) is 12.4 Å². The molecule has 0 amide bonds. The van der Waals surface area contributed by atoms with E-state index in [1.165, 1.54) is 6.92 Å². The van der Waals surface area contributed by atoms with Gasteiger partial charge in [0.15, 0.2) is 15.6 Å². The summed E-state index contributed by atoms with van der Waals surface area (Å²) in [5.41, 5.74) is 0.308. The van der Waals surface area contributed by atoms with Crippen LogP contribution in [-0.4, -0.2) is 37.8 Å². The minimum absolute atomic E-state index is 0.107. The number of benzene rings is 1. The van der Waals surface area contributed by atoms with Crippen molar-refractivity contribution < 1.29 is 22.7 Å². The zero-order valence-corrected chi connectivity index (χ0v) is 11.6. The number of rotatable bonds is 6. The van der Waals surface area contributed by atoms with Crippen LogP contribution in [0.15, 0.2) is 30.3 Å². The number of ketones is 1. The number of Topliss-reactive ketones (excluding diaryl/α,β-unsaturated/α-hetero) is 1. The fourth-order valence-corrected chi connectivity index (χ4v) is 2.62. The lowest BCUT2D eigenvalue weighted by Crippen LogP contribution is -2.33. The molecule has 0 bridgehead atoms. The first-order chi connectivity index (χ1) is 8.88. The molecule has 6 heteroatoms. The van der Waals surface area contributed by atoms with Crippen LogP contribution in [0.5, 0.6) is 0 Å². The van der Waals surface area contributed by atoms with Gasteiger partial charge in [0.1, 0.15) is 11.0 Å². The lowest BCUT2D eigenvalue weighted by molar-refractivity contribution is -0.139. The van der Waals surface area contributed by atoms with Gasteiger partial charge in [-0.25, -0.2) is 8.42 Å². The largest absolute Gasteiger partial charge is 0.465 e. The number of hydrogen-bond acceptors (Lipinski definition) is 5. The Labute approximate surface area is 112 Å². The molecule has 1 aromatic carbocycles. The molecule has 0 radical (unpaired) electrons. The molecular weight excluding hydrogens is 268 g/mol. The molecule has 5 nitrogen and oxygen atoms in total. The summed E-state index contributed by atoms with van der Waals surface area (Å²) in [7, 11) is -3.85. The molecular formula is C13H16O5S. The molecule has 0 fully saturated rings. The van der Waals surface area contributed by atoms with Gasteiger partial charge in [0.25, 0.3) is 0 Å². The topological polar surface area (TPSA) is 77.5 Å². The Hall–Kier alpha value is -1.69. The van der Waals surface area contributed by atoms with E-state index in [2.05, 4.69) is 4.74 Å². The molecule has 1 unspecified atom stereocenters. The van der Waals surface area contributed by atoms with Gasteiger partial charge in [0.05, 0.1) is 6.61 Å². The fraction of sp³-hybridized carbons (Fsp3) is 0.385. The molecule has 0 saturated carbocycles. The predicted molar refractivity (Wildman–Crippen MR) is 70.7 cm³/mol. The second-order valence-electron chi connectivity index (χ2n) is 3.98. The first kappa shape index (κ1) is 15.4. The minimum atomic E-state index is -3.85. The van der Waals surface area contributed by atoms with Crippen molar-refractivity contribution in [3.05, 3.63) is 35.9 Å². The Bertz CT molecular complexity index is 548. The van der Waals surface area contributed by atoms with Crippen molar-refractivity contribution in [2.45, 2.75) is 19.1 Å². The monoisotopic (exact) mass is 284 g/mol. The Morgan fingerprint density at radius 1 is 1.21 bits per heavy atom. The van der Waals surface area contributed by atoms with Gasteiger partial charge >= 0.3 is 5.97 Å². The summed E-state index contributed by atoms with van der Waals surface area (Å²) in [5.74, 6) is -2.14. The van der Waals surface area contributed by atoms with Crippen LogP contribution in [-0.2, 0) is 19.4 Å². The third-order valence-electron chi connectivity index (χ3n) is 2.59. The van der Waals surface area contributed by atoms with Gasteiger partial charge in [-0.15, -0.1) is 0 Å². The average molecular weight is 284 g/mol. The lowest BCUT2D eigenvalue weighted by Gasteiger charge is -2.11. The molecule has 0 saturated heterocycles. The van der Waals surface area contributed by atoms with Crippen LogP contribution in [0.25, 0.3) is 0 Å². The highest BCUT2D eigenvalue weighted by Crippen LogP contribution is 2.11. The van der Waals surface area contributed by atoms with Gasteiger partial charge in [-0.3, -0.25) is 9.59 Å². The first-order valence-electron chi connectivity index (χ1n) is 5.85. The van der Waals surface area contributed by atoms with E-state index in [4.69, 9.17) is 0 Å². The van der Waals surface area contributed by atoms with E-state index in [0.717, 1.165) is 0 Å². The standard InChI is InChI=1S/C13H16O5S/c1-3-18-12(14)9-19(16,17)10(2)13(15)11-7-5-4-6-8-11/h4-8,10H,3,9H2,1-2H3. The van der Waals surface area contributed by atoms with E-state index in [1.807, 2.05) is 0 Å². The van der Waals surface area contributed by atoms with Gasteiger partial charge in [-0.05, 0) is 13.8 Å². The zero-order chi connectivity index (χ0) is 14.5. The van der Waals surface area contributed by atoms with Crippen molar-refractivity contribution in [1.82, 2.24) is 0 Å². The summed E-state index contributed by atoms with van der Waals surface area (Å²) in [6.45, 7) is 2.97. The number of ether oxygens (including phenoxy) is 1. The lowest BCUT2D eigenvalue weighted by atomic mass is 10.1. The molecule has 0 aromatic heterocycles. The smallest absolute Gasteiger partial charge is 0.321 e. The Balaban J connectivity index is 2.84. The van der Waals surface area contributed by atoms with Crippen molar-refractivity contribution in [3.8, 4) is 0 Å². The maximum absolute atomic E-state index is 12.0. The summed E-state index contributed by atoms with van der Waals surface area (Å²) >= 11 is 0. The summed E-state index contributed by atoms with van der Waals surface area (Å²) in [5, 5.41) is -1.26. The fourth-order valence-electron chi connectivity index (χ4n) is 1.49. The maximum atomic E-state index is 12.0.